The van der Waals surface area contributed by atoms with E-state index in [1.54, 1.807) is 0 Å². The van der Waals surface area contributed by atoms with E-state index in [0.717, 1.165) is 18.1 Å². The van der Waals surface area contributed by atoms with Crippen LogP contribution in [0.5, 0.6) is 0 Å². The summed E-state index contributed by atoms with van der Waals surface area (Å²) in [6.07, 6.45) is 3.55. The van der Waals surface area contributed by atoms with Crippen LogP contribution in [0.4, 0.5) is 0 Å². The number of aromatic nitrogens is 3. The molecule has 0 amide bonds. The summed E-state index contributed by atoms with van der Waals surface area (Å²) < 4.78 is 0. The number of nitrogens with zero attached hydrogens (tertiary/aromatic N) is 2. The first-order valence-corrected chi connectivity index (χ1v) is 5.40. The van der Waals surface area contributed by atoms with Gasteiger partial charge < -0.3 is 5.73 Å². The highest BCUT2D eigenvalue weighted by molar-refractivity contribution is 5.07. The van der Waals surface area contributed by atoms with Crippen LogP contribution in [0.15, 0.2) is 0 Å². The van der Waals surface area contributed by atoms with E-state index in [1.165, 1.54) is 12.8 Å². The maximum absolute atomic E-state index is 6.04. The maximum Gasteiger partial charge on any atom is 0.167 e. The third-order valence-electron chi connectivity index (χ3n) is 3.04. The Morgan fingerprint density at radius 1 is 1.57 bits per heavy atom. The average molecular weight is 194 g/mol. The molecule has 1 fully saturated rings. The van der Waals surface area contributed by atoms with Gasteiger partial charge in [-0.2, -0.15) is 5.10 Å². The summed E-state index contributed by atoms with van der Waals surface area (Å²) in [6.45, 7) is 4.27. The normalized spacial score (nSPS) is 20.8. The fraction of sp³-hybridized carbons (Fsp3) is 0.800. The van der Waals surface area contributed by atoms with E-state index in [1.807, 2.05) is 0 Å². The van der Waals surface area contributed by atoms with Gasteiger partial charge in [0.15, 0.2) is 5.82 Å². The first-order valence-electron chi connectivity index (χ1n) is 5.40. The molecule has 0 spiro atoms. The molecule has 1 aromatic rings. The Morgan fingerprint density at radius 3 is 2.86 bits per heavy atom. The lowest BCUT2D eigenvalue weighted by Crippen LogP contribution is -2.19. The van der Waals surface area contributed by atoms with Crippen molar-refractivity contribution >= 4 is 0 Å². The number of rotatable bonds is 4. The smallest absolute Gasteiger partial charge is 0.167 e. The second kappa shape index (κ2) is 3.69. The van der Waals surface area contributed by atoms with Crippen LogP contribution in [0.25, 0.3) is 0 Å². The van der Waals surface area contributed by atoms with E-state index in [-0.39, 0.29) is 6.04 Å². The molecule has 2 atom stereocenters. The van der Waals surface area contributed by atoms with Gasteiger partial charge in [0.05, 0.1) is 6.04 Å². The molecule has 1 saturated carbocycles. The minimum Gasteiger partial charge on any atom is -0.321 e. The van der Waals surface area contributed by atoms with Gasteiger partial charge in [0.25, 0.3) is 0 Å². The zero-order valence-corrected chi connectivity index (χ0v) is 8.83. The van der Waals surface area contributed by atoms with Crippen LogP contribution in [0.1, 0.15) is 56.7 Å². The van der Waals surface area contributed by atoms with Crippen molar-refractivity contribution in [3.63, 3.8) is 0 Å². The summed E-state index contributed by atoms with van der Waals surface area (Å²) in [6, 6.07) is -0.0243. The third-order valence-corrected chi connectivity index (χ3v) is 3.04. The molecule has 14 heavy (non-hydrogen) atoms. The predicted octanol–water partition coefficient (Wildman–Crippen LogP) is 1.73. The second-order valence-electron chi connectivity index (χ2n) is 4.26. The molecule has 1 aromatic heterocycles. The van der Waals surface area contributed by atoms with E-state index >= 15 is 0 Å². The van der Waals surface area contributed by atoms with E-state index < -0.39 is 0 Å². The SMILES string of the molecule is CC[C@H](C)[C@H](N)c1n[nH]c(C2CC2)n1. The predicted molar refractivity (Wildman–Crippen MR) is 54.7 cm³/mol. The van der Waals surface area contributed by atoms with Crippen LogP contribution < -0.4 is 5.73 Å². The number of nitrogens with one attached hydrogen (secondary N) is 1. The van der Waals surface area contributed by atoms with Gasteiger partial charge in [0, 0.05) is 5.92 Å². The third kappa shape index (κ3) is 1.80. The standard InChI is InChI=1S/C10H18N4/c1-3-6(2)8(11)10-12-9(13-14-10)7-4-5-7/h6-8H,3-5,11H2,1-2H3,(H,12,13,14)/t6-,8-/m0/s1. The number of nitrogens with two attached hydrogens (primary N) is 1. The molecule has 1 aliphatic rings. The quantitative estimate of drug-likeness (QED) is 0.767. The van der Waals surface area contributed by atoms with Crippen molar-refractivity contribution in [3.05, 3.63) is 11.6 Å². The van der Waals surface area contributed by atoms with Crippen LogP contribution in [-0.4, -0.2) is 15.2 Å². The second-order valence-corrected chi connectivity index (χ2v) is 4.26. The molecule has 0 aliphatic heterocycles. The summed E-state index contributed by atoms with van der Waals surface area (Å²) in [5.74, 6) is 2.87. The Bertz CT molecular complexity index is 303. The highest BCUT2D eigenvalue weighted by atomic mass is 15.2. The number of hydrogen-bond donors (Lipinski definition) is 2. The van der Waals surface area contributed by atoms with Crippen molar-refractivity contribution in [2.45, 2.75) is 45.1 Å². The first kappa shape index (κ1) is 9.65. The van der Waals surface area contributed by atoms with Gasteiger partial charge in [0.2, 0.25) is 0 Å². The number of hydrogen-bond acceptors (Lipinski definition) is 3. The molecule has 78 valence electrons. The molecule has 3 N–H and O–H groups in total. The monoisotopic (exact) mass is 194 g/mol. The van der Waals surface area contributed by atoms with Gasteiger partial charge >= 0.3 is 0 Å². The molecule has 0 aromatic carbocycles. The van der Waals surface area contributed by atoms with Crippen LogP contribution in [0, 0.1) is 5.92 Å². The zero-order valence-electron chi connectivity index (χ0n) is 8.83. The molecule has 0 saturated heterocycles. The molecule has 1 aliphatic carbocycles. The Morgan fingerprint density at radius 2 is 2.29 bits per heavy atom. The minimum absolute atomic E-state index is 0.0243. The van der Waals surface area contributed by atoms with Crippen molar-refractivity contribution in [1.82, 2.24) is 15.2 Å². The fourth-order valence-electron chi connectivity index (χ4n) is 1.48. The molecular weight excluding hydrogens is 176 g/mol. The van der Waals surface area contributed by atoms with Crippen LogP contribution in [0.2, 0.25) is 0 Å². The van der Waals surface area contributed by atoms with Gasteiger partial charge in [-0.3, -0.25) is 5.10 Å². The average Bonchev–Trinajstić information content (AvgIpc) is 2.94. The Balaban J connectivity index is 2.07. The largest absolute Gasteiger partial charge is 0.321 e. The molecule has 0 radical (unpaired) electrons. The maximum atomic E-state index is 6.04. The van der Waals surface area contributed by atoms with Gasteiger partial charge in [0.1, 0.15) is 5.82 Å². The van der Waals surface area contributed by atoms with Gasteiger partial charge in [-0.1, -0.05) is 20.3 Å². The zero-order chi connectivity index (χ0) is 10.1. The molecule has 4 heteroatoms. The van der Waals surface area contributed by atoms with E-state index in [4.69, 9.17) is 5.73 Å². The lowest BCUT2D eigenvalue weighted by molar-refractivity contribution is 0.440. The molecule has 4 nitrogen and oxygen atoms in total. The number of H-pyrrole nitrogens is 1. The van der Waals surface area contributed by atoms with Crippen LogP contribution in [0.3, 0.4) is 0 Å². The molecule has 2 rings (SSSR count). The summed E-state index contributed by atoms with van der Waals surface area (Å²) >= 11 is 0. The van der Waals surface area contributed by atoms with E-state index in [9.17, 15) is 0 Å². The molecular formula is C10H18N4. The Kier molecular flexibility index (Phi) is 2.54. The molecule has 0 unspecified atom stereocenters. The van der Waals surface area contributed by atoms with Crippen molar-refractivity contribution in [1.29, 1.82) is 0 Å². The van der Waals surface area contributed by atoms with Gasteiger partial charge in [-0.05, 0) is 18.8 Å². The minimum atomic E-state index is -0.0243. The van der Waals surface area contributed by atoms with Crippen molar-refractivity contribution in [2.24, 2.45) is 11.7 Å². The number of aromatic amines is 1. The van der Waals surface area contributed by atoms with Crippen molar-refractivity contribution < 1.29 is 0 Å². The summed E-state index contributed by atoms with van der Waals surface area (Å²) in [4.78, 5) is 4.45. The molecule has 1 heterocycles. The topological polar surface area (TPSA) is 67.6 Å². The van der Waals surface area contributed by atoms with Gasteiger partial charge in [-0.25, -0.2) is 4.98 Å². The Labute approximate surface area is 84.3 Å². The van der Waals surface area contributed by atoms with Crippen molar-refractivity contribution in [2.75, 3.05) is 0 Å². The van der Waals surface area contributed by atoms with Crippen LogP contribution >= 0.6 is 0 Å². The van der Waals surface area contributed by atoms with Crippen LogP contribution in [-0.2, 0) is 0 Å². The van der Waals surface area contributed by atoms with E-state index in [2.05, 4.69) is 29.0 Å². The lowest BCUT2D eigenvalue weighted by Gasteiger charge is -2.13. The summed E-state index contributed by atoms with van der Waals surface area (Å²) in [7, 11) is 0. The highest BCUT2D eigenvalue weighted by Crippen LogP contribution is 2.38. The lowest BCUT2D eigenvalue weighted by atomic mass is 10.00. The first-order chi connectivity index (χ1) is 6.72. The highest BCUT2D eigenvalue weighted by Gasteiger charge is 2.28. The van der Waals surface area contributed by atoms with Gasteiger partial charge in [-0.15, -0.1) is 0 Å². The summed E-state index contributed by atoms with van der Waals surface area (Å²) in [5.41, 5.74) is 6.04. The molecule has 0 bridgehead atoms. The van der Waals surface area contributed by atoms with Crippen molar-refractivity contribution in [3.8, 4) is 0 Å². The summed E-state index contributed by atoms with van der Waals surface area (Å²) in [5, 5.41) is 7.17. The fourth-order valence-corrected chi connectivity index (χ4v) is 1.48. The van der Waals surface area contributed by atoms with E-state index in [0.29, 0.717) is 11.8 Å². The Hall–Kier alpha value is -0.900.